The summed E-state index contributed by atoms with van der Waals surface area (Å²) < 4.78 is 0. The molecule has 0 fully saturated rings. The SMILES string of the molecule is CC(C)(C)NCC(O)c1ccccc1Cl.CN(C)C. The van der Waals surface area contributed by atoms with Gasteiger partial charge in [-0.25, -0.2) is 0 Å². The monoisotopic (exact) mass is 286 g/mol. The summed E-state index contributed by atoms with van der Waals surface area (Å²) >= 11 is 5.98. The number of hydrogen-bond acceptors (Lipinski definition) is 3. The van der Waals surface area contributed by atoms with E-state index in [1.54, 1.807) is 6.07 Å². The van der Waals surface area contributed by atoms with Crippen LogP contribution in [0.2, 0.25) is 5.02 Å². The number of β-amino-alcohol motifs (C(OH)–C–C–N with tert-alkyl or cyclic N) is 1. The smallest absolute Gasteiger partial charge is 0.0928 e. The van der Waals surface area contributed by atoms with Crippen molar-refractivity contribution in [2.75, 3.05) is 27.7 Å². The number of nitrogens with zero attached hydrogens (tertiary/aromatic N) is 1. The molecule has 0 heterocycles. The quantitative estimate of drug-likeness (QED) is 0.897. The van der Waals surface area contributed by atoms with E-state index in [1.165, 1.54) is 0 Å². The molecule has 0 spiro atoms. The van der Waals surface area contributed by atoms with Gasteiger partial charge < -0.3 is 15.3 Å². The average molecular weight is 287 g/mol. The van der Waals surface area contributed by atoms with Gasteiger partial charge in [-0.2, -0.15) is 0 Å². The number of aliphatic hydroxyl groups is 1. The Labute approximate surface area is 122 Å². The van der Waals surface area contributed by atoms with Crippen molar-refractivity contribution in [3.63, 3.8) is 0 Å². The second kappa shape index (κ2) is 8.54. The van der Waals surface area contributed by atoms with E-state index in [0.717, 1.165) is 5.56 Å². The summed E-state index contributed by atoms with van der Waals surface area (Å²) in [5, 5.41) is 13.8. The molecule has 0 saturated carbocycles. The molecule has 0 radical (unpaired) electrons. The summed E-state index contributed by atoms with van der Waals surface area (Å²) in [5.74, 6) is 0. The molecule has 1 aromatic rings. The second-order valence-corrected chi connectivity index (χ2v) is 6.42. The van der Waals surface area contributed by atoms with Crippen LogP contribution in [-0.2, 0) is 0 Å². The van der Waals surface area contributed by atoms with E-state index < -0.39 is 6.10 Å². The highest BCUT2D eigenvalue weighted by Gasteiger charge is 2.15. The van der Waals surface area contributed by atoms with E-state index in [0.29, 0.717) is 11.6 Å². The molecule has 0 bridgehead atoms. The van der Waals surface area contributed by atoms with Crippen LogP contribution in [0.1, 0.15) is 32.4 Å². The molecule has 0 aliphatic rings. The molecule has 0 amide bonds. The van der Waals surface area contributed by atoms with Crippen LogP contribution in [0.3, 0.4) is 0 Å². The summed E-state index contributed by atoms with van der Waals surface area (Å²) in [6.45, 7) is 6.69. The first-order valence-corrected chi connectivity index (χ1v) is 6.79. The first-order valence-electron chi connectivity index (χ1n) is 6.42. The molecule has 0 aromatic heterocycles. The van der Waals surface area contributed by atoms with Gasteiger partial charge in [0.2, 0.25) is 0 Å². The zero-order valence-corrected chi connectivity index (χ0v) is 13.6. The van der Waals surface area contributed by atoms with Crippen LogP contribution in [0.5, 0.6) is 0 Å². The third-order valence-corrected chi connectivity index (χ3v) is 2.43. The van der Waals surface area contributed by atoms with Crippen LogP contribution in [0.4, 0.5) is 0 Å². The summed E-state index contributed by atoms with van der Waals surface area (Å²) in [4.78, 5) is 2.00. The average Bonchev–Trinajstić information content (AvgIpc) is 2.25. The highest BCUT2D eigenvalue weighted by Crippen LogP contribution is 2.22. The first kappa shape index (κ1) is 18.4. The molecular weight excluding hydrogens is 260 g/mol. The third kappa shape index (κ3) is 9.91. The molecular formula is C15H27ClN2O. The lowest BCUT2D eigenvalue weighted by atomic mass is 10.1. The van der Waals surface area contributed by atoms with Crippen LogP contribution >= 0.6 is 11.6 Å². The topological polar surface area (TPSA) is 35.5 Å². The highest BCUT2D eigenvalue weighted by molar-refractivity contribution is 6.31. The highest BCUT2D eigenvalue weighted by atomic mass is 35.5. The molecule has 1 rings (SSSR count). The molecule has 19 heavy (non-hydrogen) atoms. The van der Waals surface area contributed by atoms with Gasteiger partial charge in [0.05, 0.1) is 6.10 Å². The van der Waals surface area contributed by atoms with Crippen molar-refractivity contribution in [3.05, 3.63) is 34.9 Å². The molecule has 1 aromatic carbocycles. The van der Waals surface area contributed by atoms with Gasteiger partial charge in [-0.15, -0.1) is 0 Å². The van der Waals surface area contributed by atoms with Crippen molar-refractivity contribution in [2.24, 2.45) is 0 Å². The molecule has 2 N–H and O–H groups in total. The van der Waals surface area contributed by atoms with Crippen LogP contribution < -0.4 is 5.32 Å². The van der Waals surface area contributed by atoms with Gasteiger partial charge >= 0.3 is 0 Å². The lowest BCUT2D eigenvalue weighted by Gasteiger charge is -2.23. The van der Waals surface area contributed by atoms with Crippen molar-refractivity contribution in [2.45, 2.75) is 32.4 Å². The van der Waals surface area contributed by atoms with E-state index >= 15 is 0 Å². The number of aliphatic hydroxyl groups excluding tert-OH is 1. The fraction of sp³-hybridized carbons (Fsp3) is 0.600. The lowest BCUT2D eigenvalue weighted by Crippen LogP contribution is -2.38. The minimum absolute atomic E-state index is 0.00222. The van der Waals surface area contributed by atoms with Gasteiger partial charge in [0.15, 0.2) is 0 Å². The second-order valence-electron chi connectivity index (χ2n) is 6.01. The van der Waals surface area contributed by atoms with Gasteiger partial charge in [0.1, 0.15) is 0 Å². The number of halogens is 1. The lowest BCUT2D eigenvalue weighted by molar-refractivity contribution is 0.163. The number of hydrogen-bond donors (Lipinski definition) is 2. The summed E-state index contributed by atoms with van der Waals surface area (Å²) in [7, 11) is 6.00. The van der Waals surface area contributed by atoms with Crippen LogP contribution in [0.25, 0.3) is 0 Å². The molecule has 1 atom stereocenters. The predicted octanol–water partition coefficient (Wildman–Crippen LogP) is 2.94. The minimum atomic E-state index is -0.557. The molecule has 110 valence electrons. The van der Waals surface area contributed by atoms with E-state index in [9.17, 15) is 5.11 Å². The van der Waals surface area contributed by atoms with E-state index in [1.807, 2.05) is 44.2 Å². The minimum Gasteiger partial charge on any atom is -0.387 e. The Kier molecular flexibility index (Phi) is 8.26. The van der Waals surface area contributed by atoms with Gasteiger partial charge in [0.25, 0.3) is 0 Å². The van der Waals surface area contributed by atoms with Crippen molar-refractivity contribution in [1.29, 1.82) is 0 Å². The summed E-state index contributed by atoms with van der Waals surface area (Å²) in [6, 6.07) is 7.37. The zero-order chi connectivity index (χ0) is 15.1. The molecule has 1 unspecified atom stereocenters. The Balaban J connectivity index is 0.000000711. The zero-order valence-electron chi connectivity index (χ0n) is 12.9. The van der Waals surface area contributed by atoms with Crippen molar-refractivity contribution in [3.8, 4) is 0 Å². The maximum absolute atomic E-state index is 9.92. The third-order valence-electron chi connectivity index (χ3n) is 2.09. The van der Waals surface area contributed by atoms with Gasteiger partial charge in [-0.3, -0.25) is 0 Å². The van der Waals surface area contributed by atoms with Crippen LogP contribution in [0.15, 0.2) is 24.3 Å². The van der Waals surface area contributed by atoms with E-state index in [2.05, 4.69) is 26.1 Å². The maximum atomic E-state index is 9.92. The van der Waals surface area contributed by atoms with E-state index in [4.69, 9.17) is 11.6 Å². The standard InChI is InChI=1S/C12H18ClNO.C3H9N/c1-12(2,3)14-8-11(15)9-6-4-5-7-10(9)13;1-4(2)3/h4-7,11,14-15H,8H2,1-3H3;1-3H3. The maximum Gasteiger partial charge on any atom is 0.0928 e. The molecule has 4 heteroatoms. The summed E-state index contributed by atoms with van der Waals surface area (Å²) in [6.07, 6.45) is -0.557. The van der Waals surface area contributed by atoms with Crippen molar-refractivity contribution >= 4 is 11.6 Å². The fourth-order valence-electron chi connectivity index (χ4n) is 1.26. The Morgan fingerprint density at radius 2 is 1.68 bits per heavy atom. The predicted molar refractivity (Wildman–Crippen MR) is 83.8 cm³/mol. The van der Waals surface area contributed by atoms with Crippen molar-refractivity contribution < 1.29 is 5.11 Å². The Morgan fingerprint density at radius 1 is 1.21 bits per heavy atom. The molecule has 0 aliphatic heterocycles. The van der Waals surface area contributed by atoms with Crippen molar-refractivity contribution in [1.82, 2.24) is 10.2 Å². The van der Waals surface area contributed by atoms with Gasteiger partial charge in [-0.1, -0.05) is 29.8 Å². The van der Waals surface area contributed by atoms with Gasteiger partial charge in [-0.05, 0) is 48.0 Å². The Bertz CT molecular complexity index is 359. The van der Waals surface area contributed by atoms with Crippen LogP contribution in [0, 0.1) is 0 Å². The Morgan fingerprint density at radius 3 is 2.11 bits per heavy atom. The normalized spacial score (nSPS) is 12.9. The van der Waals surface area contributed by atoms with E-state index in [-0.39, 0.29) is 5.54 Å². The molecule has 0 aliphatic carbocycles. The number of benzene rings is 1. The number of rotatable bonds is 3. The largest absolute Gasteiger partial charge is 0.387 e. The number of nitrogens with one attached hydrogen (secondary N) is 1. The molecule has 0 saturated heterocycles. The molecule has 3 nitrogen and oxygen atoms in total. The summed E-state index contributed by atoms with van der Waals surface area (Å²) in [5.41, 5.74) is 0.776. The fourth-order valence-corrected chi connectivity index (χ4v) is 1.52. The Hall–Kier alpha value is -0.610. The first-order chi connectivity index (χ1) is 8.63. The van der Waals surface area contributed by atoms with Crippen LogP contribution in [-0.4, -0.2) is 43.2 Å². The van der Waals surface area contributed by atoms with Gasteiger partial charge in [0, 0.05) is 22.7 Å².